The first-order valence-corrected chi connectivity index (χ1v) is 11.2. The maximum Gasteiger partial charge on any atom is 0.278 e. The Morgan fingerprint density at radius 1 is 1.16 bits per heavy atom. The molecule has 0 aliphatic carbocycles. The van der Waals surface area contributed by atoms with Crippen molar-refractivity contribution in [1.82, 2.24) is 9.80 Å². The number of furan rings is 1. The van der Waals surface area contributed by atoms with Gasteiger partial charge in [-0.05, 0) is 54.5 Å². The number of benzene rings is 1. The Kier molecular flexibility index (Phi) is 6.65. The molecule has 0 spiro atoms. The minimum Gasteiger partial charge on any atom is -0.493 e. The molecule has 1 aromatic heterocycles. The van der Waals surface area contributed by atoms with E-state index in [0.29, 0.717) is 48.2 Å². The zero-order chi connectivity index (χ0) is 22.7. The fraction of sp³-hybridized carbons (Fsp3) is 0.440. The molecule has 2 amide bonds. The van der Waals surface area contributed by atoms with Crippen LogP contribution in [0.2, 0.25) is 0 Å². The van der Waals surface area contributed by atoms with E-state index in [-0.39, 0.29) is 30.9 Å². The third kappa shape index (κ3) is 4.58. The normalized spacial score (nSPS) is 19.4. The first-order chi connectivity index (χ1) is 15.5. The number of aliphatic hydroxyl groups is 1. The number of likely N-dealkylation sites (tertiary alicyclic amines) is 1. The Morgan fingerprint density at radius 2 is 1.94 bits per heavy atom. The fourth-order valence-corrected chi connectivity index (χ4v) is 4.22. The molecule has 1 saturated heterocycles. The van der Waals surface area contributed by atoms with Gasteiger partial charge in [-0.3, -0.25) is 14.5 Å². The first-order valence-electron chi connectivity index (χ1n) is 11.2. The summed E-state index contributed by atoms with van der Waals surface area (Å²) < 4.78 is 11.1. The highest BCUT2D eigenvalue weighted by Gasteiger charge is 2.42. The van der Waals surface area contributed by atoms with Gasteiger partial charge in [0.1, 0.15) is 17.2 Å². The van der Waals surface area contributed by atoms with Crippen LogP contribution < -0.4 is 4.74 Å². The van der Waals surface area contributed by atoms with Crippen LogP contribution in [-0.4, -0.2) is 53.0 Å². The van der Waals surface area contributed by atoms with Crippen molar-refractivity contribution in [2.75, 3.05) is 26.3 Å². The van der Waals surface area contributed by atoms with Crippen LogP contribution in [0.15, 0.2) is 52.8 Å². The van der Waals surface area contributed by atoms with Crippen molar-refractivity contribution in [3.63, 3.8) is 0 Å². The molecule has 4 rings (SSSR count). The molecule has 1 N–H and O–H groups in total. The molecular weight excluding hydrogens is 408 g/mol. The average Bonchev–Trinajstić information content (AvgIpc) is 3.40. The predicted molar refractivity (Wildman–Crippen MR) is 119 cm³/mol. The lowest BCUT2D eigenvalue weighted by molar-refractivity contribution is -0.138. The van der Waals surface area contributed by atoms with Crippen LogP contribution in [-0.2, 0) is 16.1 Å². The molecule has 32 heavy (non-hydrogen) atoms. The number of carbonyl (C=O) groups excluding carboxylic acids is 2. The zero-order valence-corrected chi connectivity index (χ0v) is 18.6. The maximum absolute atomic E-state index is 13.4. The Hall–Kier alpha value is -3.06. The van der Waals surface area contributed by atoms with E-state index in [9.17, 15) is 14.7 Å². The quantitative estimate of drug-likeness (QED) is 0.637. The van der Waals surface area contributed by atoms with E-state index in [4.69, 9.17) is 9.15 Å². The van der Waals surface area contributed by atoms with Crippen LogP contribution in [0.25, 0.3) is 5.57 Å². The van der Waals surface area contributed by atoms with E-state index in [1.54, 1.807) is 12.1 Å². The van der Waals surface area contributed by atoms with Crippen molar-refractivity contribution in [2.24, 2.45) is 11.8 Å². The van der Waals surface area contributed by atoms with Crippen LogP contribution in [0, 0.1) is 11.8 Å². The zero-order valence-electron chi connectivity index (χ0n) is 18.6. The topological polar surface area (TPSA) is 83.2 Å². The van der Waals surface area contributed by atoms with Gasteiger partial charge in [0, 0.05) is 19.7 Å². The summed E-state index contributed by atoms with van der Waals surface area (Å²) in [4.78, 5) is 30.1. The number of hydrogen-bond acceptors (Lipinski definition) is 6. The van der Waals surface area contributed by atoms with Gasteiger partial charge in [0.15, 0.2) is 0 Å². The van der Waals surface area contributed by atoms with Gasteiger partial charge in [-0.25, -0.2) is 0 Å². The third-order valence-corrected chi connectivity index (χ3v) is 5.86. The second-order valence-corrected chi connectivity index (χ2v) is 8.87. The van der Waals surface area contributed by atoms with Gasteiger partial charge in [-0.2, -0.15) is 0 Å². The van der Waals surface area contributed by atoms with E-state index in [1.807, 2.05) is 29.2 Å². The van der Waals surface area contributed by atoms with Gasteiger partial charge in [-0.1, -0.05) is 26.0 Å². The molecule has 0 radical (unpaired) electrons. The van der Waals surface area contributed by atoms with Crippen LogP contribution in [0.4, 0.5) is 0 Å². The van der Waals surface area contributed by atoms with E-state index in [1.165, 1.54) is 11.2 Å². The van der Waals surface area contributed by atoms with Crippen LogP contribution >= 0.6 is 0 Å². The molecule has 1 aromatic carbocycles. The molecule has 170 valence electrons. The molecular formula is C25H30N2O5. The highest BCUT2D eigenvalue weighted by atomic mass is 16.5. The van der Waals surface area contributed by atoms with E-state index >= 15 is 0 Å². The van der Waals surface area contributed by atoms with Crippen LogP contribution in [0.1, 0.15) is 38.0 Å². The van der Waals surface area contributed by atoms with Crippen molar-refractivity contribution in [3.05, 3.63) is 59.7 Å². The van der Waals surface area contributed by atoms with Crippen LogP contribution in [0.3, 0.4) is 0 Å². The Bertz CT molecular complexity index is 978. The summed E-state index contributed by atoms with van der Waals surface area (Å²) in [6.45, 7) is 6.17. The summed E-state index contributed by atoms with van der Waals surface area (Å²) in [6.07, 6.45) is 3.31. The number of carbonyl (C=O) groups is 2. The highest BCUT2D eigenvalue weighted by molar-refractivity contribution is 6.35. The van der Waals surface area contributed by atoms with E-state index in [2.05, 4.69) is 13.8 Å². The molecule has 2 aliphatic heterocycles. The van der Waals surface area contributed by atoms with Gasteiger partial charge < -0.3 is 19.2 Å². The lowest BCUT2D eigenvalue weighted by atomic mass is 9.97. The summed E-state index contributed by atoms with van der Waals surface area (Å²) >= 11 is 0. The average molecular weight is 439 g/mol. The number of nitrogens with zero attached hydrogens (tertiary/aromatic N) is 2. The van der Waals surface area contributed by atoms with Crippen molar-refractivity contribution in [2.45, 2.75) is 33.2 Å². The lowest BCUT2D eigenvalue weighted by Gasteiger charge is -2.34. The number of imide groups is 1. The summed E-state index contributed by atoms with van der Waals surface area (Å²) in [5.41, 5.74) is 1.49. The van der Waals surface area contributed by atoms with Gasteiger partial charge >= 0.3 is 0 Å². The molecule has 1 unspecified atom stereocenters. The Balaban J connectivity index is 1.67. The molecule has 3 heterocycles. The van der Waals surface area contributed by atoms with Gasteiger partial charge in [0.25, 0.3) is 11.8 Å². The molecule has 7 heteroatoms. The number of rotatable bonds is 8. The standard InChI is InChI=1S/C25H30N2O5/c1-17(2)16-32-20-9-7-19(8-10-20)22-23(26-11-3-5-18(13-26)15-28)25(30)27(24(22)29)14-21-6-4-12-31-21/h4,6-10,12,17-18,28H,3,5,11,13-16H2,1-2H3. The van der Waals surface area contributed by atoms with Gasteiger partial charge in [0.2, 0.25) is 0 Å². The van der Waals surface area contributed by atoms with Crippen molar-refractivity contribution in [1.29, 1.82) is 0 Å². The summed E-state index contributed by atoms with van der Waals surface area (Å²) in [5, 5.41) is 9.66. The van der Waals surface area contributed by atoms with Gasteiger partial charge in [-0.15, -0.1) is 0 Å². The largest absolute Gasteiger partial charge is 0.493 e. The van der Waals surface area contributed by atoms with Crippen molar-refractivity contribution < 1.29 is 23.8 Å². The fourth-order valence-electron chi connectivity index (χ4n) is 4.22. The molecule has 1 fully saturated rings. The monoisotopic (exact) mass is 438 g/mol. The predicted octanol–water partition coefficient (Wildman–Crippen LogP) is 3.30. The maximum atomic E-state index is 13.4. The SMILES string of the molecule is CC(C)COc1ccc(C2=C(N3CCCC(CO)C3)C(=O)N(Cc3ccco3)C2=O)cc1. The smallest absolute Gasteiger partial charge is 0.278 e. The summed E-state index contributed by atoms with van der Waals surface area (Å²) in [5.74, 6) is 1.13. The molecule has 0 bridgehead atoms. The van der Waals surface area contributed by atoms with Gasteiger partial charge in [0.05, 0.1) is 25.0 Å². The lowest BCUT2D eigenvalue weighted by Crippen LogP contribution is -2.40. The second-order valence-electron chi connectivity index (χ2n) is 8.87. The Labute approximate surface area is 188 Å². The number of hydrogen-bond donors (Lipinski definition) is 1. The number of aliphatic hydroxyl groups excluding tert-OH is 1. The van der Waals surface area contributed by atoms with E-state index in [0.717, 1.165) is 18.6 Å². The number of ether oxygens (including phenoxy) is 1. The highest BCUT2D eigenvalue weighted by Crippen LogP contribution is 2.35. The summed E-state index contributed by atoms with van der Waals surface area (Å²) in [7, 11) is 0. The third-order valence-electron chi connectivity index (χ3n) is 5.86. The molecule has 1 atom stereocenters. The number of piperidine rings is 1. The van der Waals surface area contributed by atoms with Crippen LogP contribution in [0.5, 0.6) is 5.75 Å². The van der Waals surface area contributed by atoms with E-state index < -0.39 is 0 Å². The molecule has 2 aromatic rings. The first kappa shape index (κ1) is 22.1. The number of amides is 2. The molecule has 0 saturated carbocycles. The Morgan fingerprint density at radius 3 is 2.59 bits per heavy atom. The van der Waals surface area contributed by atoms with Crippen molar-refractivity contribution in [3.8, 4) is 5.75 Å². The molecule has 7 nitrogen and oxygen atoms in total. The molecule has 2 aliphatic rings. The van der Waals surface area contributed by atoms with Crippen molar-refractivity contribution >= 4 is 17.4 Å². The minimum atomic E-state index is -0.330. The summed E-state index contributed by atoms with van der Waals surface area (Å²) in [6, 6.07) is 10.8. The minimum absolute atomic E-state index is 0.0687. The second kappa shape index (κ2) is 9.61.